The van der Waals surface area contributed by atoms with Crippen LogP contribution in [0.3, 0.4) is 0 Å². The molecule has 2 aliphatic carbocycles. The first-order chi connectivity index (χ1) is 7.29. The third kappa shape index (κ3) is 1.96. The molecule has 0 amide bonds. The largest absolute Gasteiger partial charge is 0.460 e. The SMILES string of the molecule is CC(C)(C)OC(=O)C1CC2CC1C(O)C2O. The lowest BCUT2D eigenvalue weighted by atomic mass is 9.85. The van der Waals surface area contributed by atoms with Crippen LogP contribution in [0.25, 0.3) is 0 Å². The molecule has 5 unspecified atom stereocenters. The second-order valence-electron chi connectivity index (χ2n) is 6.02. The summed E-state index contributed by atoms with van der Waals surface area (Å²) in [7, 11) is 0. The van der Waals surface area contributed by atoms with Gasteiger partial charge in [0.05, 0.1) is 18.1 Å². The Morgan fingerprint density at radius 3 is 2.25 bits per heavy atom. The van der Waals surface area contributed by atoms with Crippen LogP contribution in [-0.4, -0.2) is 34.0 Å². The first kappa shape index (κ1) is 11.9. The van der Waals surface area contributed by atoms with E-state index < -0.39 is 17.8 Å². The van der Waals surface area contributed by atoms with Crippen LogP contribution in [0.1, 0.15) is 33.6 Å². The standard InChI is InChI=1S/C12H20O4/c1-12(2,3)16-11(15)8-5-6-4-7(8)10(14)9(6)13/h6-10,13-14H,4-5H2,1-3H3. The van der Waals surface area contributed by atoms with Crippen molar-refractivity contribution in [3.05, 3.63) is 0 Å². The molecule has 92 valence electrons. The molecular formula is C12H20O4. The van der Waals surface area contributed by atoms with Crippen LogP contribution in [0.4, 0.5) is 0 Å². The number of aliphatic hydroxyl groups is 2. The third-order valence-electron chi connectivity index (χ3n) is 3.63. The normalized spacial score (nSPS) is 42.4. The molecule has 2 aliphatic rings. The molecule has 0 heterocycles. The number of hydrogen-bond acceptors (Lipinski definition) is 4. The van der Waals surface area contributed by atoms with E-state index >= 15 is 0 Å². The molecule has 4 heteroatoms. The number of aliphatic hydroxyl groups excluding tert-OH is 2. The average Bonchev–Trinajstić information content (AvgIpc) is 2.65. The van der Waals surface area contributed by atoms with Crippen LogP contribution in [0.5, 0.6) is 0 Å². The van der Waals surface area contributed by atoms with Gasteiger partial charge in [0, 0.05) is 5.92 Å². The Hall–Kier alpha value is -0.610. The topological polar surface area (TPSA) is 66.8 Å². The van der Waals surface area contributed by atoms with Crippen molar-refractivity contribution in [1.82, 2.24) is 0 Å². The van der Waals surface area contributed by atoms with E-state index in [-0.39, 0.29) is 23.7 Å². The quantitative estimate of drug-likeness (QED) is 0.648. The zero-order chi connectivity index (χ0) is 12.1. The van der Waals surface area contributed by atoms with Crippen LogP contribution in [-0.2, 0) is 9.53 Å². The van der Waals surface area contributed by atoms with Crippen molar-refractivity contribution in [3.63, 3.8) is 0 Å². The van der Waals surface area contributed by atoms with Gasteiger partial charge in [-0.05, 0) is 39.5 Å². The van der Waals surface area contributed by atoms with Gasteiger partial charge in [0.15, 0.2) is 0 Å². The number of carbonyl (C=O) groups excluding carboxylic acids is 1. The Balaban J connectivity index is 2.01. The summed E-state index contributed by atoms with van der Waals surface area (Å²) in [6.45, 7) is 5.51. The molecule has 2 rings (SSSR count). The van der Waals surface area contributed by atoms with Crippen LogP contribution in [0, 0.1) is 17.8 Å². The fourth-order valence-electron chi connectivity index (χ4n) is 2.95. The van der Waals surface area contributed by atoms with Crippen molar-refractivity contribution in [2.75, 3.05) is 0 Å². The van der Waals surface area contributed by atoms with Gasteiger partial charge in [0.25, 0.3) is 0 Å². The second-order valence-corrected chi connectivity index (χ2v) is 6.02. The summed E-state index contributed by atoms with van der Waals surface area (Å²) in [5.74, 6) is -0.513. The first-order valence-electron chi connectivity index (χ1n) is 5.88. The predicted octanol–water partition coefficient (Wildman–Crippen LogP) is 0.706. The molecule has 16 heavy (non-hydrogen) atoms. The van der Waals surface area contributed by atoms with Gasteiger partial charge < -0.3 is 14.9 Å². The highest BCUT2D eigenvalue weighted by atomic mass is 16.6. The summed E-state index contributed by atoms with van der Waals surface area (Å²) in [5.41, 5.74) is -0.484. The lowest BCUT2D eigenvalue weighted by Gasteiger charge is -2.30. The minimum absolute atomic E-state index is 0.0671. The van der Waals surface area contributed by atoms with Gasteiger partial charge >= 0.3 is 5.97 Å². The molecule has 0 aromatic heterocycles. The summed E-state index contributed by atoms with van der Waals surface area (Å²) < 4.78 is 5.33. The van der Waals surface area contributed by atoms with Crippen LogP contribution < -0.4 is 0 Å². The molecule has 0 aliphatic heterocycles. The number of hydrogen-bond donors (Lipinski definition) is 2. The van der Waals surface area contributed by atoms with Gasteiger partial charge in [-0.3, -0.25) is 4.79 Å². The van der Waals surface area contributed by atoms with E-state index in [0.717, 1.165) is 6.42 Å². The van der Waals surface area contributed by atoms with Gasteiger partial charge in [-0.2, -0.15) is 0 Å². The molecule has 5 atom stereocenters. The number of ether oxygens (including phenoxy) is 1. The van der Waals surface area contributed by atoms with Gasteiger partial charge in [-0.1, -0.05) is 0 Å². The highest BCUT2D eigenvalue weighted by Gasteiger charge is 2.54. The van der Waals surface area contributed by atoms with E-state index in [1.165, 1.54) is 0 Å². The maximum absolute atomic E-state index is 11.9. The third-order valence-corrected chi connectivity index (χ3v) is 3.63. The van der Waals surface area contributed by atoms with Crippen molar-refractivity contribution in [1.29, 1.82) is 0 Å². The van der Waals surface area contributed by atoms with Crippen molar-refractivity contribution in [2.45, 2.75) is 51.4 Å². The lowest BCUT2D eigenvalue weighted by molar-refractivity contribution is -0.165. The Bertz CT molecular complexity index is 292. The van der Waals surface area contributed by atoms with E-state index in [1.807, 2.05) is 20.8 Å². The fraction of sp³-hybridized carbons (Fsp3) is 0.917. The zero-order valence-electron chi connectivity index (χ0n) is 10.0. The summed E-state index contributed by atoms with van der Waals surface area (Å²) in [4.78, 5) is 11.9. The monoisotopic (exact) mass is 228 g/mol. The van der Waals surface area contributed by atoms with Gasteiger partial charge in [-0.25, -0.2) is 0 Å². The molecule has 2 fully saturated rings. The van der Waals surface area contributed by atoms with E-state index in [0.29, 0.717) is 6.42 Å². The summed E-state index contributed by atoms with van der Waals surface area (Å²) in [5, 5.41) is 19.4. The Labute approximate surface area is 95.6 Å². The summed E-state index contributed by atoms with van der Waals surface area (Å²) >= 11 is 0. The molecule has 0 radical (unpaired) electrons. The van der Waals surface area contributed by atoms with Gasteiger partial charge in [0.1, 0.15) is 5.60 Å². The first-order valence-corrected chi connectivity index (χ1v) is 5.88. The maximum atomic E-state index is 11.9. The number of esters is 1. The number of rotatable bonds is 1. The van der Waals surface area contributed by atoms with Crippen LogP contribution in [0.15, 0.2) is 0 Å². The Kier molecular flexibility index (Phi) is 2.75. The molecule has 0 aromatic carbocycles. The maximum Gasteiger partial charge on any atom is 0.309 e. The fourth-order valence-corrected chi connectivity index (χ4v) is 2.95. The van der Waals surface area contributed by atoms with Crippen molar-refractivity contribution in [2.24, 2.45) is 17.8 Å². The molecule has 2 bridgehead atoms. The molecule has 0 saturated heterocycles. The molecule has 2 saturated carbocycles. The average molecular weight is 228 g/mol. The Morgan fingerprint density at radius 2 is 1.81 bits per heavy atom. The minimum atomic E-state index is -0.753. The zero-order valence-corrected chi connectivity index (χ0v) is 10.0. The predicted molar refractivity (Wildman–Crippen MR) is 57.6 cm³/mol. The van der Waals surface area contributed by atoms with Crippen molar-refractivity contribution >= 4 is 5.97 Å². The van der Waals surface area contributed by atoms with Crippen LogP contribution >= 0.6 is 0 Å². The number of fused-ring (bicyclic) bond motifs is 2. The molecular weight excluding hydrogens is 208 g/mol. The highest BCUT2D eigenvalue weighted by molar-refractivity contribution is 5.74. The minimum Gasteiger partial charge on any atom is -0.460 e. The molecule has 0 aromatic rings. The summed E-state index contributed by atoms with van der Waals surface area (Å²) in [6, 6.07) is 0. The molecule has 2 N–H and O–H groups in total. The van der Waals surface area contributed by atoms with Gasteiger partial charge in [-0.15, -0.1) is 0 Å². The Morgan fingerprint density at radius 1 is 1.19 bits per heavy atom. The van der Waals surface area contributed by atoms with Crippen molar-refractivity contribution < 1.29 is 19.7 Å². The number of carbonyl (C=O) groups is 1. The smallest absolute Gasteiger partial charge is 0.309 e. The van der Waals surface area contributed by atoms with E-state index in [1.54, 1.807) is 0 Å². The van der Waals surface area contributed by atoms with E-state index in [4.69, 9.17) is 4.74 Å². The van der Waals surface area contributed by atoms with E-state index in [2.05, 4.69) is 0 Å². The van der Waals surface area contributed by atoms with Crippen LogP contribution in [0.2, 0.25) is 0 Å². The molecule has 0 spiro atoms. The van der Waals surface area contributed by atoms with Crippen molar-refractivity contribution in [3.8, 4) is 0 Å². The highest BCUT2D eigenvalue weighted by Crippen LogP contribution is 2.49. The van der Waals surface area contributed by atoms with Gasteiger partial charge in [0.2, 0.25) is 0 Å². The lowest BCUT2D eigenvalue weighted by Crippen LogP contribution is -2.41. The molecule has 4 nitrogen and oxygen atoms in total. The summed E-state index contributed by atoms with van der Waals surface area (Å²) in [6.07, 6.45) is -0.00991. The second kappa shape index (κ2) is 3.70. The van der Waals surface area contributed by atoms with E-state index in [9.17, 15) is 15.0 Å².